The van der Waals surface area contributed by atoms with Crippen molar-refractivity contribution >= 4 is 5.69 Å². The number of nitrogen functional groups attached to an aromatic ring is 1. The predicted molar refractivity (Wildman–Crippen MR) is 67.2 cm³/mol. The van der Waals surface area contributed by atoms with Crippen LogP contribution in [0.3, 0.4) is 0 Å². The Bertz CT molecular complexity index is 498. The van der Waals surface area contributed by atoms with E-state index in [9.17, 15) is 0 Å². The van der Waals surface area contributed by atoms with Crippen LogP contribution in [-0.2, 0) is 0 Å². The molecule has 84 valence electrons. The number of rotatable bonds is 2. The molecule has 3 nitrogen and oxygen atoms in total. The molecule has 2 rings (SSSR count). The fraction of sp³-hybridized carbons (Fsp3) is 0.308. The summed E-state index contributed by atoms with van der Waals surface area (Å²) in [6, 6.07) is 8.24. The van der Waals surface area contributed by atoms with E-state index in [1.807, 2.05) is 31.2 Å². The Morgan fingerprint density at radius 2 is 2.06 bits per heavy atom. The summed E-state index contributed by atoms with van der Waals surface area (Å²) in [6.45, 7) is 6.31. The van der Waals surface area contributed by atoms with Crippen LogP contribution in [0.5, 0.6) is 0 Å². The van der Waals surface area contributed by atoms with Gasteiger partial charge in [-0.3, -0.25) is 0 Å². The van der Waals surface area contributed by atoms with Crippen LogP contribution in [0, 0.1) is 6.92 Å². The van der Waals surface area contributed by atoms with Gasteiger partial charge in [0, 0.05) is 23.5 Å². The normalized spacial score (nSPS) is 11.0. The van der Waals surface area contributed by atoms with Crippen molar-refractivity contribution in [1.29, 1.82) is 0 Å². The van der Waals surface area contributed by atoms with Gasteiger partial charge in [0.1, 0.15) is 5.82 Å². The molecule has 0 fully saturated rings. The molecule has 0 saturated carbocycles. The summed E-state index contributed by atoms with van der Waals surface area (Å²) in [4.78, 5) is 4.55. The maximum atomic E-state index is 5.79. The minimum atomic E-state index is 0.401. The van der Waals surface area contributed by atoms with Crippen molar-refractivity contribution in [2.45, 2.75) is 26.8 Å². The minimum absolute atomic E-state index is 0.401. The first-order chi connectivity index (χ1) is 7.58. The summed E-state index contributed by atoms with van der Waals surface area (Å²) < 4.78 is 2.17. The van der Waals surface area contributed by atoms with Crippen molar-refractivity contribution in [1.82, 2.24) is 9.55 Å². The van der Waals surface area contributed by atoms with E-state index in [-0.39, 0.29) is 0 Å². The molecule has 0 unspecified atom stereocenters. The van der Waals surface area contributed by atoms with Crippen molar-refractivity contribution in [2.75, 3.05) is 5.73 Å². The van der Waals surface area contributed by atoms with Gasteiger partial charge in [-0.15, -0.1) is 0 Å². The van der Waals surface area contributed by atoms with Crippen LogP contribution in [0.1, 0.15) is 25.6 Å². The van der Waals surface area contributed by atoms with E-state index in [1.165, 1.54) is 0 Å². The van der Waals surface area contributed by atoms with Crippen molar-refractivity contribution in [3.05, 3.63) is 36.2 Å². The molecule has 1 aromatic heterocycles. The number of aryl methyl sites for hydroxylation is 1. The second-order valence-electron chi connectivity index (χ2n) is 4.33. The lowest BCUT2D eigenvalue weighted by molar-refractivity contribution is 0.606. The molecule has 0 spiro atoms. The number of hydrogen-bond acceptors (Lipinski definition) is 2. The smallest absolute Gasteiger partial charge is 0.140 e. The summed E-state index contributed by atoms with van der Waals surface area (Å²) in [5.74, 6) is 0.986. The first kappa shape index (κ1) is 10.7. The van der Waals surface area contributed by atoms with Gasteiger partial charge in [0.25, 0.3) is 0 Å². The Hall–Kier alpha value is -1.77. The van der Waals surface area contributed by atoms with E-state index in [0.29, 0.717) is 6.04 Å². The summed E-state index contributed by atoms with van der Waals surface area (Å²) in [7, 11) is 0. The fourth-order valence-electron chi connectivity index (χ4n) is 1.80. The lowest BCUT2D eigenvalue weighted by Gasteiger charge is -2.11. The van der Waals surface area contributed by atoms with Crippen LogP contribution in [0.4, 0.5) is 5.69 Å². The monoisotopic (exact) mass is 215 g/mol. The van der Waals surface area contributed by atoms with E-state index in [1.54, 1.807) is 0 Å². The average Bonchev–Trinajstić information content (AvgIpc) is 2.60. The molecule has 0 radical (unpaired) electrons. The molecular weight excluding hydrogens is 198 g/mol. The van der Waals surface area contributed by atoms with Crippen LogP contribution in [0.25, 0.3) is 11.4 Å². The van der Waals surface area contributed by atoms with E-state index in [2.05, 4.69) is 29.6 Å². The number of nitrogens with two attached hydrogens (primary N) is 1. The van der Waals surface area contributed by atoms with Crippen LogP contribution in [0.15, 0.2) is 30.5 Å². The zero-order valence-electron chi connectivity index (χ0n) is 9.94. The van der Waals surface area contributed by atoms with Gasteiger partial charge in [-0.05, 0) is 32.9 Å². The molecule has 0 aliphatic heterocycles. The van der Waals surface area contributed by atoms with E-state index < -0.39 is 0 Å². The van der Waals surface area contributed by atoms with Gasteiger partial charge >= 0.3 is 0 Å². The highest BCUT2D eigenvalue weighted by molar-refractivity contribution is 5.61. The molecule has 0 bridgehead atoms. The maximum Gasteiger partial charge on any atom is 0.140 e. The second kappa shape index (κ2) is 4.00. The van der Waals surface area contributed by atoms with Crippen LogP contribution in [0.2, 0.25) is 0 Å². The number of nitrogens with zero attached hydrogens (tertiary/aromatic N) is 2. The predicted octanol–water partition coefficient (Wildman–Crippen LogP) is 3.02. The molecule has 0 aliphatic carbocycles. The Morgan fingerprint density at radius 1 is 1.31 bits per heavy atom. The third kappa shape index (κ3) is 1.94. The largest absolute Gasteiger partial charge is 0.399 e. The average molecular weight is 215 g/mol. The number of benzene rings is 1. The number of imidazole rings is 1. The molecule has 2 aromatic rings. The first-order valence-corrected chi connectivity index (χ1v) is 5.49. The van der Waals surface area contributed by atoms with Crippen molar-refractivity contribution in [3.63, 3.8) is 0 Å². The molecule has 1 heterocycles. The SMILES string of the molecule is Cc1cn(C(C)C)c(-c2cccc(N)c2)n1. The quantitative estimate of drug-likeness (QED) is 0.782. The molecule has 0 amide bonds. The fourth-order valence-corrected chi connectivity index (χ4v) is 1.80. The third-order valence-corrected chi connectivity index (χ3v) is 2.55. The lowest BCUT2D eigenvalue weighted by Crippen LogP contribution is -2.01. The first-order valence-electron chi connectivity index (χ1n) is 5.49. The molecule has 1 aromatic carbocycles. The maximum absolute atomic E-state index is 5.79. The summed E-state index contributed by atoms with van der Waals surface area (Å²) in [6.07, 6.45) is 2.07. The molecular formula is C13H17N3. The van der Waals surface area contributed by atoms with Crippen LogP contribution < -0.4 is 5.73 Å². The highest BCUT2D eigenvalue weighted by atomic mass is 15.1. The molecule has 0 aliphatic rings. The molecule has 16 heavy (non-hydrogen) atoms. The summed E-state index contributed by atoms with van der Waals surface area (Å²) in [5, 5.41) is 0. The number of anilines is 1. The van der Waals surface area contributed by atoms with Crippen LogP contribution >= 0.6 is 0 Å². The van der Waals surface area contributed by atoms with Gasteiger partial charge in [0.05, 0.1) is 5.69 Å². The highest BCUT2D eigenvalue weighted by Gasteiger charge is 2.10. The Morgan fingerprint density at radius 3 is 2.69 bits per heavy atom. The van der Waals surface area contributed by atoms with Gasteiger partial charge in [-0.2, -0.15) is 0 Å². The van der Waals surface area contributed by atoms with Crippen molar-refractivity contribution in [2.24, 2.45) is 0 Å². The van der Waals surface area contributed by atoms with E-state index >= 15 is 0 Å². The van der Waals surface area contributed by atoms with E-state index in [0.717, 1.165) is 22.8 Å². The summed E-state index contributed by atoms with van der Waals surface area (Å²) in [5.41, 5.74) is 8.67. The molecule has 2 N–H and O–H groups in total. The topological polar surface area (TPSA) is 43.8 Å². The standard InChI is InChI=1S/C13H17N3/c1-9(2)16-8-10(3)15-13(16)11-5-4-6-12(14)7-11/h4-9H,14H2,1-3H3. The Kier molecular flexibility index (Phi) is 2.69. The van der Waals surface area contributed by atoms with E-state index in [4.69, 9.17) is 5.73 Å². The Labute approximate surface area is 95.9 Å². The number of hydrogen-bond donors (Lipinski definition) is 1. The third-order valence-electron chi connectivity index (χ3n) is 2.55. The van der Waals surface area contributed by atoms with Gasteiger partial charge in [-0.1, -0.05) is 12.1 Å². The van der Waals surface area contributed by atoms with Gasteiger partial charge in [0.2, 0.25) is 0 Å². The van der Waals surface area contributed by atoms with Gasteiger partial charge in [0.15, 0.2) is 0 Å². The zero-order chi connectivity index (χ0) is 11.7. The van der Waals surface area contributed by atoms with Gasteiger partial charge in [-0.25, -0.2) is 4.98 Å². The van der Waals surface area contributed by atoms with Crippen LogP contribution in [-0.4, -0.2) is 9.55 Å². The van der Waals surface area contributed by atoms with Crippen molar-refractivity contribution in [3.8, 4) is 11.4 Å². The molecule has 3 heteroatoms. The van der Waals surface area contributed by atoms with Gasteiger partial charge < -0.3 is 10.3 Å². The molecule has 0 saturated heterocycles. The zero-order valence-corrected chi connectivity index (χ0v) is 9.94. The number of aromatic nitrogens is 2. The summed E-state index contributed by atoms with van der Waals surface area (Å²) >= 11 is 0. The Balaban J connectivity index is 2.55. The molecule has 0 atom stereocenters. The lowest BCUT2D eigenvalue weighted by atomic mass is 10.2. The van der Waals surface area contributed by atoms with Crippen molar-refractivity contribution < 1.29 is 0 Å². The second-order valence-corrected chi connectivity index (χ2v) is 4.33. The highest BCUT2D eigenvalue weighted by Crippen LogP contribution is 2.23. The minimum Gasteiger partial charge on any atom is -0.399 e.